The van der Waals surface area contributed by atoms with E-state index >= 15 is 0 Å². The minimum Gasteiger partial charge on any atom is -0.392 e. The van der Waals surface area contributed by atoms with Crippen molar-refractivity contribution < 1.29 is 4.79 Å². The first-order valence-corrected chi connectivity index (χ1v) is 5.85. The first kappa shape index (κ1) is 12.4. The van der Waals surface area contributed by atoms with Gasteiger partial charge in [0.1, 0.15) is 0 Å². The van der Waals surface area contributed by atoms with Crippen LogP contribution < -0.4 is 11.1 Å². The van der Waals surface area contributed by atoms with Crippen molar-refractivity contribution in [2.45, 2.75) is 46.1 Å². The fourth-order valence-electron chi connectivity index (χ4n) is 1.82. The predicted octanol–water partition coefficient (Wildman–Crippen LogP) is 1.60. The van der Waals surface area contributed by atoms with Gasteiger partial charge in [0.05, 0.1) is 10.4 Å². The van der Waals surface area contributed by atoms with Crippen LogP contribution in [0.25, 0.3) is 0 Å². The summed E-state index contributed by atoms with van der Waals surface area (Å²) in [6.07, 6.45) is 3.33. The number of nitrogens with two attached hydrogens (primary N) is 1. The number of nitrogens with one attached hydrogen (secondary N) is 1. The number of amides is 1. The maximum atomic E-state index is 11.9. The molecule has 1 rings (SSSR count). The molecule has 0 radical (unpaired) electrons. The van der Waals surface area contributed by atoms with E-state index in [1.807, 2.05) is 0 Å². The van der Waals surface area contributed by atoms with E-state index in [1.54, 1.807) is 13.8 Å². The molecule has 0 heterocycles. The first-order valence-electron chi connectivity index (χ1n) is 5.45. The van der Waals surface area contributed by atoms with Crippen LogP contribution >= 0.6 is 12.2 Å². The van der Waals surface area contributed by atoms with Crippen molar-refractivity contribution in [1.82, 2.24) is 5.32 Å². The van der Waals surface area contributed by atoms with Gasteiger partial charge in [-0.25, -0.2) is 0 Å². The number of carbonyl (C=O) groups is 1. The molecule has 2 atom stereocenters. The lowest BCUT2D eigenvalue weighted by atomic mass is 9.92. The van der Waals surface area contributed by atoms with Crippen LogP contribution in [0.5, 0.6) is 0 Å². The van der Waals surface area contributed by atoms with E-state index in [9.17, 15) is 4.79 Å². The van der Waals surface area contributed by atoms with Gasteiger partial charge in [0, 0.05) is 6.04 Å². The summed E-state index contributed by atoms with van der Waals surface area (Å²) in [5, 5.41) is 3.02. The van der Waals surface area contributed by atoms with Gasteiger partial charge in [-0.2, -0.15) is 0 Å². The van der Waals surface area contributed by atoms with E-state index in [-0.39, 0.29) is 10.9 Å². The minimum absolute atomic E-state index is 0.0471. The Morgan fingerprint density at radius 3 is 2.47 bits per heavy atom. The highest BCUT2D eigenvalue weighted by Crippen LogP contribution is 2.26. The lowest BCUT2D eigenvalue weighted by Crippen LogP contribution is -2.47. The molecule has 1 amide bonds. The summed E-state index contributed by atoms with van der Waals surface area (Å²) >= 11 is 4.89. The van der Waals surface area contributed by atoms with Crippen LogP contribution in [0.15, 0.2) is 0 Å². The van der Waals surface area contributed by atoms with Crippen LogP contribution in [-0.4, -0.2) is 16.9 Å². The van der Waals surface area contributed by atoms with Crippen molar-refractivity contribution in [3.8, 4) is 0 Å². The predicted molar refractivity (Wildman–Crippen MR) is 65.5 cm³/mol. The summed E-state index contributed by atoms with van der Waals surface area (Å²) in [7, 11) is 0. The number of carbonyl (C=O) groups excluding carboxylic acids is 1. The van der Waals surface area contributed by atoms with E-state index in [0.29, 0.717) is 12.0 Å². The third-order valence-corrected chi connectivity index (χ3v) is 3.72. The Bertz CT molecular complexity index is 276. The van der Waals surface area contributed by atoms with Crippen molar-refractivity contribution in [2.24, 2.45) is 17.1 Å². The molecule has 0 aliphatic heterocycles. The quantitative estimate of drug-likeness (QED) is 0.721. The number of hydrogen-bond donors (Lipinski definition) is 2. The van der Waals surface area contributed by atoms with Crippen LogP contribution in [0.4, 0.5) is 0 Å². The lowest BCUT2D eigenvalue weighted by molar-refractivity contribution is -0.126. The Morgan fingerprint density at radius 2 is 2.07 bits per heavy atom. The number of hydrogen-bond acceptors (Lipinski definition) is 2. The number of thiocarbonyl (C=S) groups is 1. The van der Waals surface area contributed by atoms with Crippen molar-refractivity contribution >= 4 is 23.1 Å². The van der Waals surface area contributed by atoms with Gasteiger partial charge in [0.25, 0.3) is 0 Å². The molecule has 0 saturated heterocycles. The monoisotopic (exact) mass is 228 g/mol. The zero-order chi connectivity index (χ0) is 11.6. The molecule has 3 nitrogen and oxygen atoms in total. The van der Waals surface area contributed by atoms with Crippen LogP contribution in [0, 0.1) is 11.3 Å². The second kappa shape index (κ2) is 4.47. The molecule has 1 fully saturated rings. The lowest BCUT2D eigenvalue weighted by Gasteiger charge is -2.24. The molecule has 1 aliphatic rings. The highest BCUT2D eigenvalue weighted by molar-refractivity contribution is 7.80. The Hall–Kier alpha value is -0.640. The summed E-state index contributed by atoms with van der Waals surface area (Å²) in [6, 6.07) is 0.307. The molecule has 2 unspecified atom stereocenters. The fourth-order valence-corrected chi connectivity index (χ4v) is 1.91. The standard InChI is InChI=1S/C11H20N2OS/c1-7-4-5-8(6-7)13-10(14)11(2,3)9(12)15/h7-8H,4-6H2,1-3H3,(H2,12,15)(H,13,14). The van der Waals surface area contributed by atoms with E-state index < -0.39 is 5.41 Å². The molecule has 86 valence electrons. The van der Waals surface area contributed by atoms with E-state index in [1.165, 1.54) is 6.42 Å². The molecule has 3 N–H and O–H groups in total. The van der Waals surface area contributed by atoms with Crippen LogP contribution in [0.3, 0.4) is 0 Å². The Morgan fingerprint density at radius 1 is 1.47 bits per heavy atom. The average Bonchev–Trinajstić information content (AvgIpc) is 2.50. The smallest absolute Gasteiger partial charge is 0.232 e. The molecule has 1 saturated carbocycles. The second-order valence-electron chi connectivity index (χ2n) is 5.08. The Balaban J connectivity index is 2.52. The Kier molecular flexibility index (Phi) is 3.71. The molecular formula is C11H20N2OS. The van der Waals surface area contributed by atoms with Crippen molar-refractivity contribution in [1.29, 1.82) is 0 Å². The van der Waals surface area contributed by atoms with Crippen molar-refractivity contribution in [3.63, 3.8) is 0 Å². The topological polar surface area (TPSA) is 55.1 Å². The van der Waals surface area contributed by atoms with Gasteiger partial charge >= 0.3 is 0 Å². The molecular weight excluding hydrogens is 208 g/mol. The SMILES string of the molecule is CC1CCC(NC(=O)C(C)(C)C(N)=S)C1. The average molecular weight is 228 g/mol. The molecule has 0 aromatic rings. The zero-order valence-electron chi connectivity index (χ0n) is 9.67. The van der Waals surface area contributed by atoms with Gasteiger partial charge in [-0.05, 0) is 39.0 Å². The van der Waals surface area contributed by atoms with Gasteiger partial charge in [0.2, 0.25) is 5.91 Å². The number of rotatable bonds is 3. The molecule has 0 aromatic heterocycles. The molecule has 0 aromatic carbocycles. The molecule has 0 spiro atoms. The summed E-state index contributed by atoms with van der Waals surface area (Å²) in [4.78, 5) is 12.1. The molecule has 4 heteroatoms. The van der Waals surface area contributed by atoms with Gasteiger partial charge in [0.15, 0.2) is 0 Å². The summed E-state index contributed by atoms with van der Waals surface area (Å²) in [5.74, 6) is 0.664. The highest BCUT2D eigenvalue weighted by atomic mass is 32.1. The zero-order valence-corrected chi connectivity index (χ0v) is 10.5. The fraction of sp³-hybridized carbons (Fsp3) is 0.818. The summed E-state index contributed by atoms with van der Waals surface area (Å²) in [5.41, 5.74) is 4.81. The van der Waals surface area contributed by atoms with E-state index in [0.717, 1.165) is 12.8 Å². The van der Waals surface area contributed by atoms with Gasteiger partial charge in [-0.15, -0.1) is 0 Å². The molecule has 15 heavy (non-hydrogen) atoms. The van der Waals surface area contributed by atoms with Crippen LogP contribution in [-0.2, 0) is 4.79 Å². The van der Waals surface area contributed by atoms with Gasteiger partial charge in [-0.3, -0.25) is 4.79 Å². The minimum atomic E-state index is -0.735. The normalized spacial score (nSPS) is 26.3. The van der Waals surface area contributed by atoms with Crippen molar-refractivity contribution in [2.75, 3.05) is 0 Å². The third-order valence-electron chi connectivity index (χ3n) is 3.21. The molecule has 0 bridgehead atoms. The van der Waals surface area contributed by atoms with Gasteiger partial charge < -0.3 is 11.1 Å². The second-order valence-corrected chi connectivity index (χ2v) is 5.52. The third kappa shape index (κ3) is 2.91. The van der Waals surface area contributed by atoms with Gasteiger partial charge in [-0.1, -0.05) is 19.1 Å². The maximum Gasteiger partial charge on any atom is 0.232 e. The first-order chi connectivity index (χ1) is 6.84. The van der Waals surface area contributed by atoms with Crippen LogP contribution in [0.2, 0.25) is 0 Å². The van der Waals surface area contributed by atoms with Crippen molar-refractivity contribution in [3.05, 3.63) is 0 Å². The highest BCUT2D eigenvalue weighted by Gasteiger charge is 2.33. The summed E-state index contributed by atoms with van der Waals surface area (Å²) < 4.78 is 0. The molecule has 1 aliphatic carbocycles. The van der Waals surface area contributed by atoms with E-state index in [4.69, 9.17) is 18.0 Å². The van der Waals surface area contributed by atoms with Crippen LogP contribution in [0.1, 0.15) is 40.0 Å². The summed E-state index contributed by atoms with van der Waals surface area (Å²) in [6.45, 7) is 5.75. The maximum absolute atomic E-state index is 11.9. The Labute approximate surface area is 96.8 Å². The largest absolute Gasteiger partial charge is 0.392 e. The van der Waals surface area contributed by atoms with E-state index in [2.05, 4.69) is 12.2 Å².